The lowest BCUT2D eigenvalue weighted by Gasteiger charge is -2.07. The van der Waals surface area contributed by atoms with Crippen LogP contribution in [0.5, 0.6) is 0 Å². The number of hydrogen-bond donors (Lipinski definition) is 1. The first-order valence-corrected chi connectivity index (χ1v) is 9.61. The van der Waals surface area contributed by atoms with Gasteiger partial charge in [0, 0.05) is 17.4 Å². The molecule has 1 aromatic heterocycles. The molecule has 27 heavy (non-hydrogen) atoms. The van der Waals surface area contributed by atoms with Gasteiger partial charge in [0.05, 0.1) is 11.4 Å². The number of aromatic amines is 1. The van der Waals surface area contributed by atoms with E-state index in [4.69, 9.17) is 0 Å². The molecule has 1 N–H and O–H groups in total. The van der Waals surface area contributed by atoms with Crippen molar-refractivity contribution in [3.8, 4) is 22.5 Å². The highest BCUT2D eigenvalue weighted by Crippen LogP contribution is 2.34. The van der Waals surface area contributed by atoms with Gasteiger partial charge in [-0.15, -0.1) is 0 Å². The first kappa shape index (κ1) is 19.1. The van der Waals surface area contributed by atoms with Crippen molar-refractivity contribution in [1.82, 2.24) is 9.97 Å². The number of alkyl halides is 2. The second-order valence-electron chi connectivity index (χ2n) is 6.03. The molecular formula is C18H14F4N2O2S. The van der Waals surface area contributed by atoms with Gasteiger partial charge in [-0.1, -0.05) is 6.07 Å². The van der Waals surface area contributed by atoms with Crippen LogP contribution in [0.4, 0.5) is 17.6 Å². The number of aryl methyl sites for hydroxylation is 1. The molecule has 0 bridgehead atoms. The zero-order chi connectivity index (χ0) is 19.9. The molecule has 142 valence electrons. The lowest BCUT2D eigenvalue weighted by atomic mass is 10.0. The molecule has 3 rings (SSSR count). The Kier molecular flexibility index (Phi) is 4.81. The smallest absolute Gasteiger partial charge is 0.295 e. The number of hydrogen-bond acceptors (Lipinski definition) is 3. The summed E-state index contributed by atoms with van der Waals surface area (Å²) in [5, 5.41) is 0. The molecule has 0 saturated heterocycles. The van der Waals surface area contributed by atoms with E-state index in [1.807, 2.05) is 0 Å². The van der Waals surface area contributed by atoms with Crippen LogP contribution in [0, 0.1) is 18.6 Å². The Labute approximate surface area is 152 Å². The molecule has 0 saturated carbocycles. The zero-order valence-corrected chi connectivity index (χ0v) is 15.0. The maximum absolute atomic E-state index is 14.2. The predicted molar refractivity (Wildman–Crippen MR) is 92.2 cm³/mol. The quantitative estimate of drug-likeness (QED) is 0.650. The SMILES string of the molecule is Cc1cc(-c2nc(C(F)F)[nH]c2-c2ccc(S(C)(=O)=O)c(F)c2)ccc1F. The number of aromatic nitrogens is 2. The molecule has 0 fully saturated rings. The normalized spacial score (nSPS) is 12.0. The number of benzene rings is 2. The van der Waals surface area contributed by atoms with Gasteiger partial charge in [0.25, 0.3) is 6.43 Å². The minimum Gasteiger partial charge on any atom is -0.337 e. The van der Waals surface area contributed by atoms with Crippen molar-refractivity contribution in [2.45, 2.75) is 18.2 Å². The summed E-state index contributed by atoms with van der Waals surface area (Å²) in [5.74, 6) is -2.10. The van der Waals surface area contributed by atoms with E-state index < -0.39 is 38.6 Å². The third kappa shape index (κ3) is 3.73. The number of H-pyrrole nitrogens is 1. The van der Waals surface area contributed by atoms with Crippen molar-refractivity contribution in [3.63, 3.8) is 0 Å². The number of nitrogens with zero attached hydrogens (tertiary/aromatic N) is 1. The van der Waals surface area contributed by atoms with E-state index in [1.165, 1.54) is 31.2 Å². The molecule has 0 aliphatic rings. The fourth-order valence-corrected chi connectivity index (χ4v) is 3.39. The molecule has 0 aliphatic heterocycles. The van der Waals surface area contributed by atoms with Gasteiger partial charge >= 0.3 is 0 Å². The maximum Gasteiger partial charge on any atom is 0.295 e. The van der Waals surface area contributed by atoms with Gasteiger partial charge < -0.3 is 4.98 Å². The van der Waals surface area contributed by atoms with Crippen LogP contribution in [0.2, 0.25) is 0 Å². The average molecular weight is 398 g/mol. The number of rotatable bonds is 4. The van der Waals surface area contributed by atoms with Gasteiger partial charge in [0.1, 0.15) is 16.5 Å². The van der Waals surface area contributed by atoms with Crippen molar-refractivity contribution in [3.05, 3.63) is 59.4 Å². The number of imidazole rings is 1. The minimum absolute atomic E-state index is 0.0789. The van der Waals surface area contributed by atoms with Gasteiger partial charge in [0.15, 0.2) is 15.7 Å². The molecule has 2 aromatic carbocycles. The van der Waals surface area contributed by atoms with E-state index in [9.17, 15) is 26.0 Å². The molecule has 0 aliphatic carbocycles. The monoisotopic (exact) mass is 398 g/mol. The van der Waals surface area contributed by atoms with Crippen LogP contribution in [-0.2, 0) is 9.84 Å². The lowest BCUT2D eigenvalue weighted by molar-refractivity contribution is 0.141. The van der Waals surface area contributed by atoms with Crippen molar-refractivity contribution in [1.29, 1.82) is 0 Å². The summed E-state index contributed by atoms with van der Waals surface area (Å²) in [4.78, 5) is 5.80. The Hall–Kier alpha value is -2.68. The highest BCUT2D eigenvalue weighted by atomic mass is 32.2. The van der Waals surface area contributed by atoms with E-state index in [2.05, 4.69) is 9.97 Å². The molecular weight excluding hydrogens is 384 g/mol. The first-order chi connectivity index (χ1) is 12.6. The highest BCUT2D eigenvalue weighted by molar-refractivity contribution is 7.90. The summed E-state index contributed by atoms with van der Waals surface area (Å²) < 4.78 is 77.1. The van der Waals surface area contributed by atoms with Gasteiger partial charge in [-0.3, -0.25) is 0 Å². The number of nitrogens with one attached hydrogen (secondary N) is 1. The summed E-state index contributed by atoms with van der Waals surface area (Å²) in [7, 11) is -3.78. The summed E-state index contributed by atoms with van der Waals surface area (Å²) in [6, 6.07) is 7.27. The molecule has 0 spiro atoms. The van der Waals surface area contributed by atoms with E-state index in [0.717, 1.165) is 18.4 Å². The fourth-order valence-electron chi connectivity index (χ4n) is 2.66. The topological polar surface area (TPSA) is 62.8 Å². The first-order valence-electron chi connectivity index (χ1n) is 7.72. The second-order valence-corrected chi connectivity index (χ2v) is 8.01. The molecule has 9 heteroatoms. The minimum atomic E-state index is -3.78. The van der Waals surface area contributed by atoms with Crippen molar-refractivity contribution in [2.24, 2.45) is 0 Å². The Morgan fingerprint density at radius 1 is 1.00 bits per heavy atom. The van der Waals surface area contributed by atoms with E-state index in [-0.39, 0.29) is 17.0 Å². The van der Waals surface area contributed by atoms with E-state index in [0.29, 0.717) is 11.1 Å². The van der Waals surface area contributed by atoms with E-state index in [1.54, 1.807) is 0 Å². The maximum atomic E-state index is 14.2. The van der Waals surface area contributed by atoms with Crippen molar-refractivity contribution in [2.75, 3.05) is 6.26 Å². The Morgan fingerprint density at radius 3 is 2.22 bits per heavy atom. The molecule has 0 amide bonds. The van der Waals surface area contributed by atoms with Crippen LogP contribution < -0.4 is 0 Å². The van der Waals surface area contributed by atoms with Gasteiger partial charge in [-0.25, -0.2) is 31.0 Å². The predicted octanol–water partition coefficient (Wildman–Crippen LogP) is 4.67. The van der Waals surface area contributed by atoms with Crippen LogP contribution in [0.1, 0.15) is 17.8 Å². The molecule has 3 aromatic rings. The third-order valence-corrected chi connectivity index (χ3v) is 5.11. The largest absolute Gasteiger partial charge is 0.337 e. The van der Waals surface area contributed by atoms with Crippen LogP contribution in [0.15, 0.2) is 41.3 Å². The Morgan fingerprint density at radius 2 is 1.67 bits per heavy atom. The highest BCUT2D eigenvalue weighted by Gasteiger charge is 2.22. The summed E-state index contributed by atoms with van der Waals surface area (Å²) in [6.45, 7) is 1.51. The van der Waals surface area contributed by atoms with Crippen molar-refractivity contribution < 1.29 is 26.0 Å². The van der Waals surface area contributed by atoms with Crippen LogP contribution in [-0.4, -0.2) is 24.6 Å². The standard InChI is InChI=1S/C18H14F4N2O2S/c1-9-7-10(3-5-12(9)19)15-16(24-18(23-15)17(21)22)11-4-6-14(13(20)8-11)27(2,25)26/h3-8,17H,1-2H3,(H,23,24). The van der Waals surface area contributed by atoms with E-state index >= 15 is 0 Å². The fraction of sp³-hybridized carbons (Fsp3) is 0.167. The van der Waals surface area contributed by atoms with Gasteiger partial charge in [-0.2, -0.15) is 0 Å². The zero-order valence-electron chi connectivity index (χ0n) is 14.2. The van der Waals surface area contributed by atoms with Gasteiger partial charge in [0.2, 0.25) is 0 Å². The summed E-state index contributed by atoms with van der Waals surface area (Å²) >= 11 is 0. The van der Waals surface area contributed by atoms with Crippen LogP contribution in [0.3, 0.4) is 0 Å². The molecule has 0 atom stereocenters. The van der Waals surface area contributed by atoms with Crippen LogP contribution >= 0.6 is 0 Å². The van der Waals surface area contributed by atoms with Crippen LogP contribution in [0.25, 0.3) is 22.5 Å². The Balaban J connectivity index is 2.20. The average Bonchev–Trinajstić information content (AvgIpc) is 3.01. The van der Waals surface area contributed by atoms with Gasteiger partial charge in [-0.05, 0) is 42.8 Å². The molecule has 4 nitrogen and oxygen atoms in total. The van der Waals surface area contributed by atoms with Crippen molar-refractivity contribution >= 4 is 9.84 Å². The lowest BCUT2D eigenvalue weighted by Crippen LogP contribution is -2.01. The number of halogens is 4. The molecule has 0 radical (unpaired) electrons. The number of sulfone groups is 1. The molecule has 1 heterocycles. The second kappa shape index (κ2) is 6.80. The Bertz CT molecular complexity index is 1120. The summed E-state index contributed by atoms with van der Waals surface area (Å²) in [5.41, 5.74) is 0.949. The third-order valence-electron chi connectivity index (χ3n) is 3.98. The summed E-state index contributed by atoms with van der Waals surface area (Å²) in [6.07, 6.45) is -2.04. The molecule has 0 unspecified atom stereocenters.